The van der Waals surface area contributed by atoms with Crippen molar-refractivity contribution >= 4 is 15.9 Å². The summed E-state index contributed by atoms with van der Waals surface area (Å²) in [7, 11) is 0. The van der Waals surface area contributed by atoms with Crippen LogP contribution in [0.5, 0.6) is 0 Å². The molecule has 0 spiro atoms. The van der Waals surface area contributed by atoms with Crippen LogP contribution in [-0.4, -0.2) is 6.54 Å². The molecule has 0 heterocycles. The van der Waals surface area contributed by atoms with Gasteiger partial charge >= 0.3 is 0 Å². The fourth-order valence-electron chi connectivity index (χ4n) is 1.40. The van der Waals surface area contributed by atoms with Gasteiger partial charge in [-0.15, -0.1) is 0 Å². The molecule has 92 valence electrons. The van der Waals surface area contributed by atoms with Gasteiger partial charge < -0.3 is 5.32 Å². The van der Waals surface area contributed by atoms with E-state index in [0.717, 1.165) is 4.47 Å². The zero-order chi connectivity index (χ0) is 13.1. The van der Waals surface area contributed by atoms with Crippen LogP contribution >= 0.6 is 15.9 Å². The van der Waals surface area contributed by atoms with Gasteiger partial charge in [-0.1, -0.05) is 15.9 Å². The summed E-state index contributed by atoms with van der Waals surface area (Å²) in [6.45, 7) is 6.11. The SMILES string of the molecule is CC(NCC(C)(C)C#N)c1cc(Br)ccc1F. The van der Waals surface area contributed by atoms with Gasteiger partial charge in [-0.25, -0.2) is 4.39 Å². The van der Waals surface area contributed by atoms with Crippen molar-refractivity contribution in [3.05, 3.63) is 34.1 Å². The standard InChI is InChI=1S/C13H16BrFN2/c1-9(17-8-13(2,3)7-16)11-6-10(14)4-5-12(11)15/h4-6,9,17H,8H2,1-3H3. The third kappa shape index (κ3) is 4.10. The van der Waals surface area contributed by atoms with Crippen molar-refractivity contribution in [1.29, 1.82) is 5.26 Å². The molecule has 0 fully saturated rings. The van der Waals surface area contributed by atoms with Crippen LogP contribution in [0.1, 0.15) is 32.4 Å². The van der Waals surface area contributed by atoms with E-state index >= 15 is 0 Å². The molecule has 0 aliphatic rings. The van der Waals surface area contributed by atoms with Crippen molar-refractivity contribution in [2.75, 3.05) is 6.54 Å². The van der Waals surface area contributed by atoms with Gasteiger partial charge in [0, 0.05) is 22.6 Å². The molecule has 1 aromatic carbocycles. The quantitative estimate of drug-likeness (QED) is 0.918. The smallest absolute Gasteiger partial charge is 0.128 e. The minimum absolute atomic E-state index is 0.125. The molecule has 0 aliphatic heterocycles. The van der Waals surface area contributed by atoms with Crippen molar-refractivity contribution in [3.8, 4) is 6.07 Å². The molecule has 2 nitrogen and oxygen atoms in total. The molecule has 1 aromatic rings. The van der Waals surface area contributed by atoms with Gasteiger partial charge in [-0.2, -0.15) is 5.26 Å². The van der Waals surface area contributed by atoms with Crippen LogP contribution in [0, 0.1) is 22.6 Å². The van der Waals surface area contributed by atoms with E-state index in [9.17, 15) is 4.39 Å². The van der Waals surface area contributed by atoms with E-state index in [1.165, 1.54) is 6.07 Å². The zero-order valence-electron chi connectivity index (χ0n) is 10.2. The number of hydrogen-bond acceptors (Lipinski definition) is 2. The van der Waals surface area contributed by atoms with E-state index in [2.05, 4.69) is 27.3 Å². The molecule has 4 heteroatoms. The number of nitrogens with zero attached hydrogens (tertiary/aromatic N) is 1. The average Bonchev–Trinajstić information content (AvgIpc) is 2.29. The summed E-state index contributed by atoms with van der Waals surface area (Å²) in [4.78, 5) is 0. The second-order valence-corrected chi connectivity index (χ2v) is 5.68. The normalized spacial score (nSPS) is 13.2. The van der Waals surface area contributed by atoms with Crippen molar-refractivity contribution in [2.45, 2.75) is 26.8 Å². The average molecular weight is 299 g/mol. The number of nitriles is 1. The zero-order valence-corrected chi connectivity index (χ0v) is 11.8. The van der Waals surface area contributed by atoms with Gasteiger partial charge in [-0.05, 0) is 39.0 Å². The van der Waals surface area contributed by atoms with Crippen LogP contribution in [0.4, 0.5) is 4.39 Å². The third-order valence-corrected chi connectivity index (χ3v) is 3.07. The lowest BCUT2D eigenvalue weighted by Crippen LogP contribution is -2.30. The van der Waals surface area contributed by atoms with Crippen LogP contribution in [0.25, 0.3) is 0 Å². The van der Waals surface area contributed by atoms with Crippen molar-refractivity contribution in [3.63, 3.8) is 0 Å². The van der Waals surface area contributed by atoms with Crippen molar-refractivity contribution in [2.24, 2.45) is 5.41 Å². The maximum atomic E-state index is 13.6. The summed E-state index contributed by atoms with van der Waals surface area (Å²) in [5.41, 5.74) is 0.157. The minimum atomic E-state index is -0.448. The van der Waals surface area contributed by atoms with E-state index in [1.54, 1.807) is 12.1 Å². The lowest BCUT2D eigenvalue weighted by atomic mass is 9.95. The Labute approximate surface area is 110 Å². The summed E-state index contributed by atoms with van der Waals surface area (Å²) < 4.78 is 14.4. The van der Waals surface area contributed by atoms with E-state index in [-0.39, 0.29) is 11.9 Å². The number of rotatable bonds is 4. The molecule has 0 saturated carbocycles. The molecule has 0 aliphatic carbocycles. The van der Waals surface area contributed by atoms with E-state index in [1.807, 2.05) is 20.8 Å². The van der Waals surface area contributed by atoms with E-state index in [0.29, 0.717) is 12.1 Å². The van der Waals surface area contributed by atoms with Gasteiger partial charge in [0.15, 0.2) is 0 Å². The number of nitrogens with one attached hydrogen (secondary N) is 1. The van der Waals surface area contributed by atoms with Crippen LogP contribution in [0.2, 0.25) is 0 Å². The molecular weight excluding hydrogens is 283 g/mol. The molecule has 0 saturated heterocycles. The summed E-state index contributed by atoms with van der Waals surface area (Å²) in [6, 6.07) is 6.95. The monoisotopic (exact) mass is 298 g/mol. The highest BCUT2D eigenvalue weighted by atomic mass is 79.9. The maximum absolute atomic E-state index is 13.6. The summed E-state index contributed by atoms with van der Waals surface area (Å²) in [5.74, 6) is -0.233. The first-order valence-corrected chi connectivity index (χ1v) is 6.24. The van der Waals surface area contributed by atoms with Crippen molar-refractivity contribution < 1.29 is 4.39 Å². The third-order valence-electron chi connectivity index (χ3n) is 2.58. The largest absolute Gasteiger partial charge is 0.309 e. The summed E-state index contributed by atoms with van der Waals surface area (Å²) in [5, 5.41) is 12.1. The second-order valence-electron chi connectivity index (χ2n) is 4.76. The van der Waals surface area contributed by atoms with E-state index in [4.69, 9.17) is 5.26 Å². The first-order chi connectivity index (χ1) is 7.85. The van der Waals surface area contributed by atoms with Gasteiger partial charge in [0.25, 0.3) is 0 Å². The minimum Gasteiger partial charge on any atom is -0.309 e. The highest BCUT2D eigenvalue weighted by Gasteiger charge is 2.19. The number of benzene rings is 1. The molecule has 0 aromatic heterocycles. The fourth-order valence-corrected chi connectivity index (χ4v) is 1.78. The Bertz CT molecular complexity index is 438. The first kappa shape index (κ1) is 14.1. The van der Waals surface area contributed by atoms with Gasteiger partial charge in [0.1, 0.15) is 5.82 Å². The van der Waals surface area contributed by atoms with Crippen molar-refractivity contribution in [1.82, 2.24) is 5.32 Å². The Morgan fingerprint density at radius 1 is 1.53 bits per heavy atom. The van der Waals surface area contributed by atoms with Gasteiger partial charge in [0.2, 0.25) is 0 Å². The maximum Gasteiger partial charge on any atom is 0.128 e. The Morgan fingerprint density at radius 2 is 2.18 bits per heavy atom. The fraction of sp³-hybridized carbons (Fsp3) is 0.462. The van der Waals surface area contributed by atoms with Crippen LogP contribution < -0.4 is 5.32 Å². The summed E-state index contributed by atoms with van der Waals surface area (Å²) in [6.07, 6.45) is 0. The highest BCUT2D eigenvalue weighted by Crippen LogP contribution is 2.22. The lowest BCUT2D eigenvalue weighted by Gasteiger charge is -2.21. The predicted octanol–water partition coefficient (Wildman–Crippen LogP) is 3.79. The molecule has 1 atom stereocenters. The Morgan fingerprint density at radius 3 is 2.76 bits per heavy atom. The van der Waals surface area contributed by atoms with Crippen LogP contribution in [-0.2, 0) is 0 Å². The summed E-state index contributed by atoms with van der Waals surface area (Å²) >= 11 is 3.32. The topological polar surface area (TPSA) is 35.8 Å². The molecule has 17 heavy (non-hydrogen) atoms. The van der Waals surface area contributed by atoms with Gasteiger partial charge in [0.05, 0.1) is 11.5 Å². The van der Waals surface area contributed by atoms with Crippen LogP contribution in [0.15, 0.2) is 22.7 Å². The highest BCUT2D eigenvalue weighted by molar-refractivity contribution is 9.10. The molecular formula is C13H16BrFN2. The molecule has 0 bridgehead atoms. The number of halogens is 2. The van der Waals surface area contributed by atoms with Gasteiger partial charge in [-0.3, -0.25) is 0 Å². The molecule has 0 amide bonds. The van der Waals surface area contributed by atoms with E-state index < -0.39 is 5.41 Å². The molecule has 1 N–H and O–H groups in total. The van der Waals surface area contributed by atoms with Crippen LogP contribution in [0.3, 0.4) is 0 Å². The second kappa shape index (κ2) is 5.61. The molecule has 0 radical (unpaired) electrons. The number of hydrogen-bond donors (Lipinski definition) is 1. The Hall–Kier alpha value is -0.920. The molecule has 1 rings (SSSR count). The molecule has 1 unspecified atom stereocenters. The Balaban J connectivity index is 2.74. The Kier molecular flexibility index (Phi) is 4.67. The lowest BCUT2D eigenvalue weighted by molar-refractivity contribution is 0.409. The predicted molar refractivity (Wildman–Crippen MR) is 69.9 cm³/mol. The first-order valence-electron chi connectivity index (χ1n) is 5.45.